The highest BCUT2D eigenvalue weighted by atomic mass is 16.8. The van der Waals surface area contributed by atoms with Crippen LogP contribution < -0.4 is 5.32 Å². The molecule has 11 heteroatoms. The van der Waals surface area contributed by atoms with Crippen LogP contribution in [0, 0.1) is 0 Å². The van der Waals surface area contributed by atoms with Gasteiger partial charge in [0.2, 0.25) is 12.6 Å². The second-order valence-corrected chi connectivity index (χ2v) is 12.1. The number of benzene rings is 1. The number of rotatable bonds is 6. The van der Waals surface area contributed by atoms with Crippen LogP contribution in [0.1, 0.15) is 53.0 Å². The average Bonchev–Trinajstić information content (AvgIpc) is 3.60. The molecular weight excluding hydrogens is 532 g/mol. The van der Waals surface area contributed by atoms with E-state index in [9.17, 15) is 4.79 Å². The first-order chi connectivity index (χ1) is 19.4. The maximum atomic E-state index is 12.2. The lowest BCUT2D eigenvalue weighted by atomic mass is 9.90. The molecule has 0 unspecified atom stereocenters. The van der Waals surface area contributed by atoms with Crippen molar-refractivity contribution in [1.82, 2.24) is 10.2 Å². The van der Waals surface area contributed by atoms with Crippen LogP contribution in [0.3, 0.4) is 0 Å². The standard InChI is InChI=1S/C22H30N2O5.C8H12O4/c1-21(2)28-18-13-17(27-19(18)29-21)14-24-11-9-22(3,10-12-24)23-20(25)26-15-16-7-5-4-6-8-16;1-8(2)11-6-3-5(4-9)10-7(6)12-8/h4-8,13,18-19H,9-12,14-15H2,1-3H3,(H,23,25);3,6-7,9H,4H2,1-2H3/t18-,19-;6-,7-/m11/s1. The molecule has 11 nitrogen and oxygen atoms in total. The number of hydrogen-bond donors (Lipinski definition) is 2. The van der Waals surface area contributed by atoms with Gasteiger partial charge in [-0.05, 0) is 65.2 Å². The van der Waals surface area contributed by atoms with Gasteiger partial charge in [-0.15, -0.1) is 0 Å². The predicted molar refractivity (Wildman–Crippen MR) is 147 cm³/mol. The number of alkyl carbamates (subject to hydrolysis) is 1. The zero-order chi connectivity index (χ0) is 29.3. The Bertz CT molecular complexity index is 1130. The van der Waals surface area contributed by atoms with Gasteiger partial charge in [0.05, 0.1) is 6.54 Å². The Hall–Kier alpha value is -2.67. The summed E-state index contributed by atoms with van der Waals surface area (Å²) in [5.74, 6) is 0.257. The first kappa shape index (κ1) is 29.8. The van der Waals surface area contributed by atoms with Crippen molar-refractivity contribution in [1.29, 1.82) is 0 Å². The molecule has 1 amide bonds. The van der Waals surface area contributed by atoms with E-state index < -0.39 is 11.6 Å². The minimum atomic E-state index is -0.592. The van der Waals surface area contributed by atoms with Crippen LogP contribution in [-0.2, 0) is 39.8 Å². The maximum Gasteiger partial charge on any atom is 0.407 e. The molecule has 5 heterocycles. The molecule has 41 heavy (non-hydrogen) atoms. The van der Waals surface area contributed by atoms with Crippen molar-refractivity contribution < 1.29 is 43.1 Å². The lowest BCUT2D eigenvalue weighted by Crippen LogP contribution is -2.53. The molecule has 5 aliphatic heterocycles. The van der Waals surface area contributed by atoms with Crippen molar-refractivity contribution in [2.24, 2.45) is 0 Å². The van der Waals surface area contributed by atoms with Crippen molar-refractivity contribution in [3.05, 3.63) is 59.6 Å². The third-order valence-electron chi connectivity index (χ3n) is 7.52. The summed E-state index contributed by atoms with van der Waals surface area (Å²) >= 11 is 0. The zero-order valence-corrected chi connectivity index (χ0v) is 24.5. The van der Waals surface area contributed by atoms with Gasteiger partial charge in [-0.1, -0.05) is 30.3 Å². The Morgan fingerprint density at radius 2 is 1.46 bits per heavy atom. The van der Waals surface area contributed by atoms with Gasteiger partial charge in [-0.25, -0.2) is 4.79 Å². The highest BCUT2D eigenvalue weighted by Gasteiger charge is 2.46. The van der Waals surface area contributed by atoms with Gasteiger partial charge in [0.15, 0.2) is 11.6 Å². The first-order valence-electron chi connectivity index (χ1n) is 14.2. The van der Waals surface area contributed by atoms with Gasteiger partial charge >= 0.3 is 6.09 Å². The third-order valence-corrected chi connectivity index (χ3v) is 7.52. The average molecular weight is 575 g/mol. The summed E-state index contributed by atoms with van der Waals surface area (Å²) in [4.78, 5) is 14.5. The maximum absolute atomic E-state index is 12.2. The quantitative estimate of drug-likeness (QED) is 0.523. The van der Waals surface area contributed by atoms with Crippen molar-refractivity contribution >= 4 is 6.09 Å². The van der Waals surface area contributed by atoms with E-state index in [4.69, 9.17) is 38.3 Å². The number of aliphatic hydroxyl groups excluding tert-OH is 1. The fourth-order valence-corrected chi connectivity index (χ4v) is 5.40. The van der Waals surface area contributed by atoms with Crippen molar-refractivity contribution in [3.63, 3.8) is 0 Å². The monoisotopic (exact) mass is 574 g/mol. The van der Waals surface area contributed by atoms with E-state index in [1.807, 2.05) is 64.1 Å². The lowest BCUT2D eigenvalue weighted by molar-refractivity contribution is -0.183. The molecule has 0 aliphatic carbocycles. The van der Waals surface area contributed by atoms with Crippen LogP contribution in [0.4, 0.5) is 4.79 Å². The number of aliphatic hydroxyl groups is 1. The van der Waals surface area contributed by atoms with Gasteiger partial charge in [0.1, 0.15) is 36.9 Å². The molecule has 0 aromatic heterocycles. The van der Waals surface area contributed by atoms with Gasteiger partial charge in [-0.3, -0.25) is 4.90 Å². The molecule has 226 valence electrons. The van der Waals surface area contributed by atoms with Crippen LogP contribution in [0.25, 0.3) is 0 Å². The largest absolute Gasteiger partial charge is 0.465 e. The highest BCUT2D eigenvalue weighted by Crippen LogP contribution is 2.36. The zero-order valence-electron chi connectivity index (χ0n) is 24.5. The first-order valence-corrected chi connectivity index (χ1v) is 14.2. The molecule has 2 N–H and O–H groups in total. The van der Waals surface area contributed by atoms with Gasteiger partial charge < -0.3 is 43.6 Å². The van der Waals surface area contributed by atoms with E-state index in [-0.39, 0.29) is 49.6 Å². The van der Waals surface area contributed by atoms with E-state index in [0.29, 0.717) is 5.76 Å². The summed E-state index contributed by atoms with van der Waals surface area (Å²) in [6, 6.07) is 9.70. The van der Waals surface area contributed by atoms with Crippen LogP contribution in [0.2, 0.25) is 0 Å². The number of ether oxygens (including phenoxy) is 7. The number of piperidine rings is 1. The second-order valence-electron chi connectivity index (χ2n) is 12.1. The number of amides is 1. The Balaban J connectivity index is 0.000000234. The third kappa shape index (κ3) is 7.79. The molecule has 1 aromatic rings. The fraction of sp³-hybridized carbons (Fsp3) is 0.633. The van der Waals surface area contributed by atoms with Crippen LogP contribution in [0.15, 0.2) is 54.0 Å². The molecule has 1 aromatic carbocycles. The molecule has 5 aliphatic rings. The molecule has 6 rings (SSSR count). The molecule has 0 spiro atoms. The molecule has 3 saturated heterocycles. The minimum Gasteiger partial charge on any atom is -0.465 e. The van der Waals surface area contributed by atoms with Crippen LogP contribution in [-0.4, -0.2) is 84.2 Å². The second kappa shape index (κ2) is 11.9. The van der Waals surface area contributed by atoms with E-state index in [1.165, 1.54) is 0 Å². The number of nitrogens with one attached hydrogen (secondary N) is 1. The molecule has 3 fully saturated rings. The summed E-state index contributed by atoms with van der Waals surface area (Å²) in [6.45, 7) is 12.2. The number of carbonyl (C=O) groups excluding carboxylic acids is 1. The number of likely N-dealkylation sites (tertiary alicyclic amines) is 1. The fourth-order valence-electron chi connectivity index (χ4n) is 5.40. The summed E-state index contributed by atoms with van der Waals surface area (Å²) in [7, 11) is 0. The summed E-state index contributed by atoms with van der Waals surface area (Å²) < 4.78 is 38.9. The van der Waals surface area contributed by atoms with Crippen LogP contribution in [0.5, 0.6) is 0 Å². The Morgan fingerprint density at radius 1 is 0.902 bits per heavy atom. The topological polar surface area (TPSA) is 117 Å². The van der Waals surface area contributed by atoms with E-state index in [0.717, 1.165) is 43.8 Å². The smallest absolute Gasteiger partial charge is 0.407 e. The molecule has 4 atom stereocenters. The summed E-state index contributed by atoms with van der Waals surface area (Å²) in [5, 5.41) is 11.8. The summed E-state index contributed by atoms with van der Waals surface area (Å²) in [6.07, 6.45) is 4.11. The molecular formula is C30H42N2O9. The Labute approximate surface area is 241 Å². The highest BCUT2D eigenvalue weighted by molar-refractivity contribution is 5.68. The Kier molecular flexibility index (Phi) is 8.66. The number of fused-ring (bicyclic) bond motifs is 2. The molecule has 0 saturated carbocycles. The van der Waals surface area contributed by atoms with Crippen molar-refractivity contribution in [2.45, 2.75) is 96.0 Å². The summed E-state index contributed by atoms with van der Waals surface area (Å²) in [5.41, 5.74) is 0.718. The molecule has 0 bridgehead atoms. The van der Waals surface area contributed by atoms with Crippen molar-refractivity contribution in [3.8, 4) is 0 Å². The number of nitrogens with zero attached hydrogens (tertiary/aromatic N) is 1. The van der Waals surface area contributed by atoms with E-state index >= 15 is 0 Å². The minimum absolute atomic E-state index is 0.0971. The Morgan fingerprint density at radius 3 is 2.02 bits per heavy atom. The van der Waals surface area contributed by atoms with E-state index in [2.05, 4.69) is 17.1 Å². The van der Waals surface area contributed by atoms with Gasteiger partial charge in [0, 0.05) is 18.6 Å². The lowest BCUT2D eigenvalue weighted by Gasteiger charge is -2.39. The number of hydrogen-bond acceptors (Lipinski definition) is 10. The van der Waals surface area contributed by atoms with Gasteiger partial charge in [-0.2, -0.15) is 0 Å². The normalized spacial score (nSPS) is 30.5. The molecule has 0 radical (unpaired) electrons. The van der Waals surface area contributed by atoms with E-state index in [1.54, 1.807) is 6.08 Å². The van der Waals surface area contributed by atoms with Crippen LogP contribution >= 0.6 is 0 Å². The van der Waals surface area contributed by atoms with Gasteiger partial charge in [0.25, 0.3) is 0 Å². The predicted octanol–water partition coefficient (Wildman–Crippen LogP) is 3.53. The van der Waals surface area contributed by atoms with Crippen molar-refractivity contribution in [2.75, 3.05) is 26.2 Å². The number of carbonyl (C=O) groups is 1. The SMILES string of the molecule is CC1(C)O[C@H]2OC(CO)=C[C@H]2O1.CC1(NC(=O)OCc2ccccc2)CCN(CC2=C[C@H]3OC(C)(C)O[C@H]3O2)CC1.